The van der Waals surface area contributed by atoms with Crippen LogP contribution in [0.15, 0.2) is 12.2 Å². The van der Waals surface area contributed by atoms with E-state index in [2.05, 4.69) is 0 Å². The molecule has 0 spiro atoms. The number of hydrogen-bond acceptors (Lipinski definition) is 3. The predicted octanol–water partition coefficient (Wildman–Crippen LogP) is 0.685. The van der Waals surface area contributed by atoms with Gasteiger partial charge in [0.15, 0.2) is 6.29 Å². The molecule has 1 N–H and O–H groups in total. The Morgan fingerprint density at radius 2 is 2.27 bits per heavy atom. The van der Waals surface area contributed by atoms with Crippen molar-refractivity contribution in [3.05, 3.63) is 12.2 Å². The first-order chi connectivity index (χ1) is 5.24. The van der Waals surface area contributed by atoms with E-state index in [4.69, 9.17) is 9.47 Å². The smallest absolute Gasteiger partial charge is 0.155 e. The molecule has 3 unspecified atom stereocenters. The number of rotatable bonds is 1. The topological polar surface area (TPSA) is 38.7 Å². The fourth-order valence-electron chi connectivity index (χ4n) is 1.04. The first-order valence-corrected chi connectivity index (χ1v) is 3.82. The quantitative estimate of drug-likeness (QED) is 0.570. The molecule has 11 heavy (non-hydrogen) atoms. The molecule has 0 saturated carbocycles. The van der Waals surface area contributed by atoms with Crippen LogP contribution in [-0.4, -0.2) is 30.2 Å². The van der Waals surface area contributed by atoms with E-state index in [0.717, 1.165) is 0 Å². The van der Waals surface area contributed by atoms with Crippen LogP contribution >= 0.6 is 0 Å². The van der Waals surface area contributed by atoms with Crippen LogP contribution in [0.5, 0.6) is 0 Å². The van der Waals surface area contributed by atoms with Crippen LogP contribution in [0.2, 0.25) is 0 Å². The number of aliphatic hydroxyl groups excluding tert-OH is 1. The Labute approximate surface area is 66.6 Å². The third kappa shape index (κ3) is 2.29. The normalized spacial score (nSPS) is 39.7. The second-order valence-corrected chi connectivity index (χ2v) is 2.59. The summed E-state index contributed by atoms with van der Waals surface area (Å²) in [6.07, 6.45) is 2.76. The van der Waals surface area contributed by atoms with E-state index in [1.165, 1.54) is 0 Å². The van der Waals surface area contributed by atoms with Gasteiger partial charge in [-0.2, -0.15) is 0 Å². The van der Waals surface area contributed by atoms with Gasteiger partial charge in [0.2, 0.25) is 0 Å². The number of hydrogen-bond donors (Lipinski definition) is 1. The molecule has 3 heteroatoms. The fraction of sp³-hybridized carbons (Fsp3) is 0.750. The second-order valence-electron chi connectivity index (χ2n) is 2.59. The summed E-state index contributed by atoms with van der Waals surface area (Å²) in [5, 5.41) is 9.32. The van der Waals surface area contributed by atoms with Crippen molar-refractivity contribution in [3.63, 3.8) is 0 Å². The molecule has 0 amide bonds. The minimum atomic E-state index is -0.526. The minimum Gasteiger partial charge on any atom is -0.388 e. The lowest BCUT2D eigenvalue weighted by Gasteiger charge is -2.30. The van der Waals surface area contributed by atoms with Crippen molar-refractivity contribution >= 4 is 0 Å². The van der Waals surface area contributed by atoms with E-state index in [-0.39, 0.29) is 12.4 Å². The van der Waals surface area contributed by atoms with Gasteiger partial charge in [0.25, 0.3) is 0 Å². The van der Waals surface area contributed by atoms with Crippen molar-refractivity contribution in [1.29, 1.82) is 0 Å². The van der Waals surface area contributed by atoms with Crippen LogP contribution in [0.3, 0.4) is 0 Å². The SMILES string of the molecule is C/C=C/C1OC(C)OCC1O. The van der Waals surface area contributed by atoms with Gasteiger partial charge in [-0.1, -0.05) is 12.2 Å². The maximum Gasteiger partial charge on any atom is 0.155 e. The summed E-state index contributed by atoms with van der Waals surface area (Å²) in [7, 11) is 0. The zero-order chi connectivity index (χ0) is 8.27. The van der Waals surface area contributed by atoms with E-state index in [0.29, 0.717) is 6.61 Å². The molecule has 1 saturated heterocycles. The third-order valence-corrected chi connectivity index (χ3v) is 1.61. The van der Waals surface area contributed by atoms with Crippen molar-refractivity contribution in [2.75, 3.05) is 6.61 Å². The first kappa shape index (κ1) is 8.71. The van der Waals surface area contributed by atoms with Crippen LogP contribution in [0.25, 0.3) is 0 Å². The lowest BCUT2D eigenvalue weighted by atomic mass is 10.2. The van der Waals surface area contributed by atoms with Crippen LogP contribution in [0.1, 0.15) is 13.8 Å². The van der Waals surface area contributed by atoms with Crippen LogP contribution in [0.4, 0.5) is 0 Å². The Morgan fingerprint density at radius 3 is 2.91 bits per heavy atom. The maximum absolute atomic E-state index is 9.32. The molecule has 3 atom stereocenters. The summed E-state index contributed by atoms with van der Waals surface area (Å²) in [6, 6.07) is 0. The molecule has 0 aliphatic carbocycles. The standard InChI is InChI=1S/C8H14O3/c1-3-4-8-7(9)5-10-6(2)11-8/h3-4,6-9H,5H2,1-2H3/b4-3+. The molecule has 0 aromatic carbocycles. The Bertz CT molecular complexity index is 144. The van der Waals surface area contributed by atoms with Gasteiger partial charge < -0.3 is 14.6 Å². The van der Waals surface area contributed by atoms with Gasteiger partial charge in [-0.15, -0.1) is 0 Å². The molecule has 0 radical (unpaired) electrons. The van der Waals surface area contributed by atoms with Gasteiger partial charge in [-0.25, -0.2) is 0 Å². The van der Waals surface area contributed by atoms with Crippen molar-refractivity contribution in [3.8, 4) is 0 Å². The first-order valence-electron chi connectivity index (χ1n) is 3.82. The average Bonchev–Trinajstić information content (AvgIpc) is 1.98. The average molecular weight is 158 g/mol. The van der Waals surface area contributed by atoms with Gasteiger partial charge in [0.1, 0.15) is 12.2 Å². The van der Waals surface area contributed by atoms with Crippen LogP contribution in [-0.2, 0) is 9.47 Å². The van der Waals surface area contributed by atoms with Crippen molar-refractivity contribution < 1.29 is 14.6 Å². The van der Waals surface area contributed by atoms with E-state index in [9.17, 15) is 5.11 Å². The highest BCUT2D eigenvalue weighted by atomic mass is 16.7. The maximum atomic E-state index is 9.32. The minimum absolute atomic E-state index is 0.205. The monoisotopic (exact) mass is 158 g/mol. The molecule has 3 nitrogen and oxygen atoms in total. The molecule has 0 aromatic rings. The lowest BCUT2D eigenvalue weighted by Crippen LogP contribution is -2.41. The molecule has 1 fully saturated rings. The predicted molar refractivity (Wildman–Crippen MR) is 41.1 cm³/mol. The molecule has 0 aromatic heterocycles. The summed E-state index contributed by atoms with van der Waals surface area (Å²) < 4.78 is 10.3. The van der Waals surface area contributed by atoms with Gasteiger partial charge in [-0.3, -0.25) is 0 Å². The van der Waals surface area contributed by atoms with Crippen molar-refractivity contribution in [2.24, 2.45) is 0 Å². The van der Waals surface area contributed by atoms with E-state index >= 15 is 0 Å². The summed E-state index contributed by atoms with van der Waals surface area (Å²) in [5.74, 6) is 0. The Hall–Kier alpha value is -0.380. The van der Waals surface area contributed by atoms with E-state index in [1.807, 2.05) is 26.0 Å². The molecule has 64 valence electrons. The zero-order valence-electron chi connectivity index (χ0n) is 6.86. The Morgan fingerprint density at radius 1 is 1.55 bits per heavy atom. The van der Waals surface area contributed by atoms with Gasteiger partial charge in [0.05, 0.1) is 6.61 Å². The van der Waals surface area contributed by atoms with Gasteiger partial charge >= 0.3 is 0 Å². The largest absolute Gasteiger partial charge is 0.388 e. The highest BCUT2D eigenvalue weighted by molar-refractivity contribution is 4.92. The highest BCUT2D eigenvalue weighted by Crippen LogP contribution is 2.13. The number of aliphatic hydroxyl groups is 1. The second kappa shape index (κ2) is 3.85. The number of allylic oxidation sites excluding steroid dienone is 1. The molecule has 0 bridgehead atoms. The summed E-state index contributed by atoms with van der Waals surface area (Å²) >= 11 is 0. The molecular weight excluding hydrogens is 144 g/mol. The fourth-order valence-corrected chi connectivity index (χ4v) is 1.04. The highest BCUT2D eigenvalue weighted by Gasteiger charge is 2.25. The summed E-state index contributed by atoms with van der Waals surface area (Å²) in [5.41, 5.74) is 0. The zero-order valence-corrected chi connectivity index (χ0v) is 6.86. The van der Waals surface area contributed by atoms with E-state index < -0.39 is 6.10 Å². The van der Waals surface area contributed by atoms with Gasteiger partial charge in [0, 0.05) is 0 Å². The molecule has 1 rings (SSSR count). The molecular formula is C8H14O3. The summed E-state index contributed by atoms with van der Waals surface area (Å²) in [4.78, 5) is 0. The molecule has 1 heterocycles. The summed E-state index contributed by atoms with van der Waals surface area (Å²) in [6.45, 7) is 4.08. The van der Waals surface area contributed by atoms with Crippen LogP contribution < -0.4 is 0 Å². The van der Waals surface area contributed by atoms with Crippen molar-refractivity contribution in [1.82, 2.24) is 0 Å². The Balaban J connectivity index is 2.47. The van der Waals surface area contributed by atoms with Crippen molar-refractivity contribution in [2.45, 2.75) is 32.3 Å². The van der Waals surface area contributed by atoms with E-state index in [1.54, 1.807) is 0 Å². The third-order valence-electron chi connectivity index (χ3n) is 1.61. The lowest BCUT2D eigenvalue weighted by molar-refractivity contribution is -0.230. The molecule has 1 aliphatic heterocycles. The number of ether oxygens (including phenoxy) is 2. The Kier molecular flexibility index (Phi) is 3.05. The van der Waals surface area contributed by atoms with Gasteiger partial charge in [-0.05, 0) is 13.8 Å². The van der Waals surface area contributed by atoms with Crippen LogP contribution in [0, 0.1) is 0 Å². The molecule has 1 aliphatic rings.